The van der Waals surface area contributed by atoms with E-state index in [2.05, 4.69) is 0 Å². The van der Waals surface area contributed by atoms with E-state index in [1.165, 1.54) is 0 Å². The molecule has 0 unspecified atom stereocenters. The fourth-order valence-electron chi connectivity index (χ4n) is 1.74. The topological polar surface area (TPSA) is 18.5 Å². The Kier molecular flexibility index (Phi) is 5.41. The van der Waals surface area contributed by atoms with Crippen LogP contribution in [0, 0.1) is 0 Å². The summed E-state index contributed by atoms with van der Waals surface area (Å²) in [5, 5.41) is 1.15. The van der Waals surface area contributed by atoms with Gasteiger partial charge in [0, 0.05) is 21.5 Å². The van der Waals surface area contributed by atoms with Crippen molar-refractivity contribution in [3.63, 3.8) is 0 Å². The number of alkyl halides is 1. The molecule has 0 aliphatic rings. The Balaban J connectivity index is 2.22. The summed E-state index contributed by atoms with van der Waals surface area (Å²) in [7, 11) is 1.59. The lowest BCUT2D eigenvalue weighted by Gasteiger charge is -2.13. The first-order valence-corrected chi connectivity index (χ1v) is 7.23. The number of rotatable bonds is 5. The molecule has 0 spiro atoms. The van der Waals surface area contributed by atoms with Gasteiger partial charge in [0.1, 0.15) is 6.61 Å². The Morgan fingerprint density at radius 1 is 1.00 bits per heavy atom. The maximum atomic E-state index is 6.11. The Morgan fingerprint density at radius 3 is 2.30 bits per heavy atom. The molecule has 0 aliphatic carbocycles. The number of halogens is 3. The van der Waals surface area contributed by atoms with Gasteiger partial charge in [0.2, 0.25) is 0 Å². The van der Waals surface area contributed by atoms with E-state index >= 15 is 0 Å². The quantitative estimate of drug-likeness (QED) is 0.690. The molecule has 0 heterocycles. The van der Waals surface area contributed by atoms with Gasteiger partial charge in [0.05, 0.1) is 7.11 Å². The first-order chi connectivity index (χ1) is 9.65. The molecule has 0 fully saturated rings. The molecule has 0 aliphatic heterocycles. The zero-order valence-electron chi connectivity index (χ0n) is 10.8. The van der Waals surface area contributed by atoms with E-state index in [1.54, 1.807) is 25.3 Å². The molecule has 2 aromatic rings. The molecule has 106 valence electrons. The standard InChI is InChI=1S/C15H13Cl3O2/c1-19-14-6-5-10(8-16)7-15(14)20-9-11-12(17)3-2-4-13(11)18/h2-7H,8-9H2,1H3. The molecular weight excluding hydrogens is 319 g/mol. The van der Waals surface area contributed by atoms with Gasteiger partial charge >= 0.3 is 0 Å². The third-order valence-corrected chi connectivity index (χ3v) is 3.83. The molecule has 20 heavy (non-hydrogen) atoms. The molecule has 0 radical (unpaired) electrons. The van der Waals surface area contributed by atoms with Crippen LogP contribution in [0.25, 0.3) is 0 Å². The van der Waals surface area contributed by atoms with Crippen LogP contribution in [0.1, 0.15) is 11.1 Å². The van der Waals surface area contributed by atoms with Crippen LogP contribution >= 0.6 is 34.8 Å². The molecule has 0 bridgehead atoms. The van der Waals surface area contributed by atoms with Crippen molar-refractivity contribution in [3.05, 3.63) is 57.6 Å². The molecule has 0 saturated heterocycles. The van der Waals surface area contributed by atoms with Gasteiger partial charge in [-0.3, -0.25) is 0 Å². The van der Waals surface area contributed by atoms with E-state index in [0.717, 1.165) is 11.1 Å². The highest BCUT2D eigenvalue weighted by Gasteiger charge is 2.10. The van der Waals surface area contributed by atoms with Gasteiger partial charge < -0.3 is 9.47 Å². The number of methoxy groups -OCH3 is 1. The predicted molar refractivity (Wildman–Crippen MR) is 83.3 cm³/mol. The molecule has 2 nitrogen and oxygen atoms in total. The molecule has 0 saturated carbocycles. The first kappa shape index (κ1) is 15.3. The largest absolute Gasteiger partial charge is 0.493 e. The highest BCUT2D eigenvalue weighted by Crippen LogP contribution is 2.31. The Morgan fingerprint density at radius 2 is 1.70 bits per heavy atom. The number of hydrogen-bond donors (Lipinski definition) is 0. The molecule has 5 heteroatoms. The molecule has 0 atom stereocenters. The highest BCUT2D eigenvalue weighted by molar-refractivity contribution is 6.35. The fourth-order valence-corrected chi connectivity index (χ4v) is 2.41. The maximum Gasteiger partial charge on any atom is 0.161 e. The monoisotopic (exact) mass is 330 g/mol. The summed E-state index contributed by atoms with van der Waals surface area (Å²) >= 11 is 18.0. The Hall–Kier alpha value is -1.09. The van der Waals surface area contributed by atoms with Crippen molar-refractivity contribution in [2.45, 2.75) is 12.5 Å². The van der Waals surface area contributed by atoms with E-state index in [9.17, 15) is 0 Å². The molecule has 0 N–H and O–H groups in total. The van der Waals surface area contributed by atoms with Gasteiger partial charge in [-0.15, -0.1) is 11.6 Å². The van der Waals surface area contributed by atoms with Crippen molar-refractivity contribution >= 4 is 34.8 Å². The lowest BCUT2D eigenvalue weighted by Crippen LogP contribution is -2.00. The van der Waals surface area contributed by atoms with Crippen molar-refractivity contribution < 1.29 is 9.47 Å². The van der Waals surface area contributed by atoms with Crippen LogP contribution in [0.5, 0.6) is 11.5 Å². The first-order valence-electron chi connectivity index (χ1n) is 5.94. The van der Waals surface area contributed by atoms with Gasteiger partial charge in [-0.05, 0) is 29.8 Å². The van der Waals surface area contributed by atoms with Crippen LogP contribution in [0.15, 0.2) is 36.4 Å². The third-order valence-electron chi connectivity index (χ3n) is 2.82. The van der Waals surface area contributed by atoms with Crippen molar-refractivity contribution in [1.82, 2.24) is 0 Å². The van der Waals surface area contributed by atoms with E-state index in [-0.39, 0.29) is 6.61 Å². The van der Waals surface area contributed by atoms with Crippen LogP contribution in [0.4, 0.5) is 0 Å². The normalized spacial score (nSPS) is 10.4. The number of ether oxygens (including phenoxy) is 2. The maximum absolute atomic E-state index is 6.11. The summed E-state index contributed by atoms with van der Waals surface area (Å²) in [5.41, 5.74) is 1.70. The summed E-state index contributed by atoms with van der Waals surface area (Å²) in [6, 6.07) is 10.9. The van der Waals surface area contributed by atoms with Crippen molar-refractivity contribution in [3.8, 4) is 11.5 Å². The van der Waals surface area contributed by atoms with Gasteiger partial charge in [0.15, 0.2) is 11.5 Å². The van der Waals surface area contributed by atoms with Crippen LogP contribution in [0.2, 0.25) is 10.0 Å². The summed E-state index contributed by atoms with van der Waals surface area (Å²) in [6.45, 7) is 0.264. The van der Waals surface area contributed by atoms with Crippen molar-refractivity contribution in [2.24, 2.45) is 0 Å². The molecule has 0 amide bonds. The van der Waals surface area contributed by atoms with Crippen LogP contribution in [-0.4, -0.2) is 7.11 Å². The van der Waals surface area contributed by atoms with Gasteiger partial charge in [-0.2, -0.15) is 0 Å². The van der Waals surface area contributed by atoms with Crippen molar-refractivity contribution in [1.29, 1.82) is 0 Å². The molecule has 2 rings (SSSR count). The SMILES string of the molecule is COc1ccc(CCl)cc1OCc1c(Cl)cccc1Cl. The van der Waals surface area contributed by atoms with E-state index in [4.69, 9.17) is 44.3 Å². The Bertz CT molecular complexity index is 579. The fraction of sp³-hybridized carbons (Fsp3) is 0.200. The zero-order chi connectivity index (χ0) is 14.5. The smallest absolute Gasteiger partial charge is 0.161 e. The zero-order valence-corrected chi connectivity index (χ0v) is 13.1. The highest BCUT2D eigenvalue weighted by atomic mass is 35.5. The number of benzene rings is 2. The van der Waals surface area contributed by atoms with Gasteiger partial charge in [-0.25, -0.2) is 0 Å². The van der Waals surface area contributed by atoms with E-state index < -0.39 is 0 Å². The lowest BCUT2D eigenvalue weighted by molar-refractivity contribution is 0.284. The molecule has 2 aromatic carbocycles. The van der Waals surface area contributed by atoms with Crippen LogP contribution < -0.4 is 9.47 Å². The van der Waals surface area contributed by atoms with Gasteiger partial charge in [-0.1, -0.05) is 35.3 Å². The average molecular weight is 332 g/mol. The lowest BCUT2D eigenvalue weighted by atomic mass is 10.2. The second-order valence-corrected chi connectivity index (χ2v) is 5.19. The van der Waals surface area contributed by atoms with E-state index in [0.29, 0.717) is 27.4 Å². The van der Waals surface area contributed by atoms with Crippen molar-refractivity contribution in [2.75, 3.05) is 7.11 Å². The summed E-state index contributed by atoms with van der Waals surface area (Å²) < 4.78 is 11.0. The molecular formula is C15H13Cl3O2. The number of hydrogen-bond acceptors (Lipinski definition) is 2. The minimum absolute atomic E-state index is 0.264. The third kappa shape index (κ3) is 3.51. The van der Waals surface area contributed by atoms with Crippen LogP contribution in [0.3, 0.4) is 0 Å². The summed E-state index contributed by atoms with van der Waals surface area (Å²) in [4.78, 5) is 0. The minimum Gasteiger partial charge on any atom is -0.493 e. The molecule has 0 aromatic heterocycles. The predicted octanol–water partition coefficient (Wildman–Crippen LogP) is 5.32. The van der Waals surface area contributed by atoms with Crippen LogP contribution in [-0.2, 0) is 12.5 Å². The summed E-state index contributed by atoms with van der Waals surface area (Å²) in [5.74, 6) is 1.66. The average Bonchev–Trinajstić information content (AvgIpc) is 2.46. The van der Waals surface area contributed by atoms with Gasteiger partial charge in [0.25, 0.3) is 0 Å². The van der Waals surface area contributed by atoms with E-state index in [1.807, 2.05) is 18.2 Å². The second kappa shape index (κ2) is 7.07. The second-order valence-electron chi connectivity index (χ2n) is 4.11. The summed E-state index contributed by atoms with van der Waals surface area (Å²) in [6.07, 6.45) is 0. The minimum atomic E-state index is 0.264. The Labute approximate surface area is 133 Å².